The van der Waals surface area contributed by atoms with Gasteiger partial charge in [0.2, 0.25) is 0 Å². The first-order valence-electron chi connectivity index (χ1n) is 9.00. The Balaban J connectivity index is 1.73. The summed E-state index contributed by atoms with van der Waals surface area (Å²) in [5.74, 6) is 2.60. The van der Waals surface area contributed by atoms with E-state index in [1.807, 2.05) is 30.0 Å². The molecule has 3 aromatic rings. The lowest BCUT2D eigenvalue weighted by Crippen LogP contribution is -2.47. The number of aryl methyl sites for hydroxylation is 1. The smallest absolute Gasteiger partial charge is 0.295 e. The van der Waals surface area contributed by atoms with E-state index in [1.54, 1.807) is 17.1 Å². The number of piperidine rings is 1. The summed E-state index contributed by atoms with van der Waals surface area (Å²) in [6.07, 6.45) is 15.8. The molecule has 138 valence electrons. The van der Waals surface area contributed by atoms with Crippen molar-refractivity contribution in [3.8, 4) is 23.6 Å². The molecule has 0 radical (unpaired) electrons. The Labute approximate surface area is 157 Å². The Morgan fingerprint density at radius 1 is 1.37 bits per heavy atom. The van der Waals surface area contributed by atoms with E-state index in [-0.39, 0.29) is 11.9 Å². The van der Waals surface area contributed by atoms with Crippen LogP contribution in [0.15, 0.2) is 30.9 Å². The van der Waals surface area contributed by atoms with Gasteiger partial charge in [0.05, 0.1) is 24.3 Å². The van der Waals surface area contributed by atoms with E-state index < -0.39 is 0 Å². The largest absolute Gasteiger partial charge is 0.350 e. The van der Waals surface area contributed by atoms with E-state index in [2.05, 4.69) is 26.3 Å². The molecule has 27 heavy (non-hydrogen) atoms. The molecule has 0 bridgehead atoms. The third kappa shape index (κ3) is 3.36. The van der Waals surface area contributed by atoms with Crippen molar-refractivity contribution >= 4 is 17.2 Å². The normalized spacial score (nSPS) is 17.0. The second kappa shape index (κ2) is 7.11. The number of aromatic nitrogens is 5. The van der Waals surface area contributed by atoms with Gasteiger partial charge in [-0.1, -0.05) is 0 Å². The average Bonchev–Trinajstić information content (AvgIpc) is 3.34. The molecule has 1 N–H and O–H groups in total. The van der Waals surface area contributed by atoms with Crippen molar-refractivity contribution in [3.63, 3.8) is 0 Å². The minimum Gasteiger partial charge on any atom is -0.350 e. The summed E-state index contributed by atoms with van der Waals surface area (Å²) in [5, 5.41) is 11.5. The quantitative estimate of drug-likeness (QED) is 0.706. The van der Waals surface area contributed by atoms with Crippen molar-refractivity contribution in [2.75, 3.05) is 18.0 Å². The highest BCUT2D eigenvalue weighted by molar-refractivity contribution is 5.92. The van der Waals surface area contributed by atoms with Gasteiger partial charge in [0.25, 0.3) is 5.91 Å². The predicted octanol–water partition coefficient (Wildman–Crippen LogP) is 1.24. The van der Waals surface area contributed by atoms with Crippen molar-refractivity contribution in [3.05, 3.63) is 30.9 Å². The van der Waals surface area contributed by atoms with Gasteiger partial charge in [-0.2, -0.15) is 10.2 Å². The zero-order chi connectivity index (χ0) is 18.8. The van der Waals surface area contributed by atoms with Crippen molar-refractivity contribution < 1.29 is 4.79 Å². The van der Waals surface area contributed by atoms with Crippen LogP contribution >= 0.6 is 0 Å². The van der Waals surface area contributed by atoms with E-state index >= 15 is 0 Å². The fraction of sp³-hybridized carbons (Fsp3) is 0.368. The second-order valence-corrected chi connectivity index (χ2v) is 6.71. The van der Waals surface area contributed by atoms with Gasteiger partial charge in [-0.05, 0) is 31.2 Å². The van der Waals surface area contributed by atoms with Gasteiger partial charge in [0.15, 0.2) is 5.82 Å². The molecule has 3 aromatic heterocycles. The summed E-state index contributed by atoms with van der Waals surface area (Å²) >= 11 is 0. The molecule has 1 atom stereocenters. The van der Waals surface area contributed by atoms with Crippen molar-refractivity contribution in [1.82, 2.24) is 29.7 Å². The van der Waals surface area contributed by atoms with E-state index in [9.17, 15) is 4.79 Å². The second-order valence-electron chi connectivity index (χ2n) is 6.71. The monoisotopic (exact) mass is 363 g/mol. The molecular formula is C19H21N7O. The van der Waals surface area contributed by atoms with Gasteiger partial charge >= 0.3 is 0 Å². The van der Waals surface area contributed by atoms with Crippen molar-refractivity contribution in [2.45, 2.75) is 25.3 Å². The molecule has 0 aromatic carbocycles. The van der Waals surface area contributed by atoms with Crippen LogP contribution < -0.4 is 10.2 Å². The number of nitrogens with zero attached hydrogens (tertiary/aromatic N) is 6. The van der Waals surface area contributed by atoms with E-state index in [1.165, 1.54) is 0 Å². The summed E-state index contributed by atoms with van der Waals surface area (Å²) in [6, 6.07) is 2.10. The van der Waals surface area contributed by atoms with Crippen LogP contribution in [0.4, 0.5) is 5.82 Å². The van der Waals surface area contributed by atoms with Gasteiger partial charge in [0.1, 0.15) is 5.52 Å². The number of hydrogen-bond acceptors (Lipinski definition) is 5. The lowest BCUT2D eigenvalue weighted by molar-refractivity contribution is -0.115. The lowest BCUT2D eigenvalue weighted by atomic mass is 10.0. The molecule has 1 saturated heterocycles. The third-order valence-electron chi connectivity index (χ3n) is 4.90. The number of fused-ring (bicyclic) bond motifs is 1. The van der Waals surface area contributed by atoms with Crippen LogP contribution in [0.5, 0.6) is 0 Å². The topological polar surface area (TPSA) is 80.4 Å². The number of amides is 1. The molecule has 0 spiro atoms. The maximum absolute atomic E-state index is 11.5. The molecule has 0 saturated carbocycles. The molecule has 0 aliphatic carbocycles. The highest BCUT2D eigenvalue weighted by atomic mass is 16.1. The molecule has 1 aliphatic rings. The molecule has 0 unspecified atom stereocenters. The molecule has 1 amide bonds. The number of carbonyl (C=O) groups excluding carboxylic acids is 1. The molecule has 8 heteroatoms. The molecular weight excluding hydrogens is 342 g/mol. The van der Waals surface area contributed by atoms with E-state index in [4.69, 9.17) is 11.4 Å². The zero-order valence-electron chi connectivity index (χ0n) is 15.2. The van der Waals surface area contributed by atoms with Crippen LogP contribution in [-0.2, 0) is 11.8 Å². The van der Waals surface area contributed by atoms with Crippen LogP contribution in [-0.4, -0.2) is 49.4 Å². The molecule has 4 heterocycles. The lowest BCUT2D eigenvalue weighted by Gasteiger charge is -2.37. The number of hydrogen-bond donors (Lipinski definition) is 1. The van der Waals surface area contributed by atoms with Crippen LogP contribution in [0.1, 0.15) is 19.3 Å². The molecule has 8 nitrogen and oxygen atoms in total. The third-order valence-corrected chi connectivity index (χ3v) is 4.90. The summed E-state index contributed by atoms with van der Waals surface area (Å²) < 4.78 is 3.60. The van der Waals surface area contributed by atoms with Crippen LogP contribution in [0, 0.1) is 12.3 Å². The van der Waals surface area contributed by atoms with Gasteiger partial charge in [0, 0.05) is 37.9 Å². The van der Waals surface area contributed by atoms with Crippen LogP contribution in [0.2, 0.25) is 0 Å². The summed E-state index contributed by atoms with van der Waals surface area (Å²) in [4.78, 5) is 18.7. The fourth-order valence-corrected chi connectivity index (χ4v) is 3.57. The van der Waals surface area contributed by atoms with E-state index in [0.717, 1.165) is 48.4 Å². The summed E-state index contributed by atoms with van der Waals surface area (Å²) in [7, 11) is 1.88. The number of nitrogens with one attached hydrogen (secondary N) is 1. The Morgan fingerprint density at radius 3 is 3.04 bits per heavy atom. The standard InChI is InChI=1S/C19H21N7O/c1-3-18(27)20-11-15-6-4-5-9-25(15)19-17-7-8-21-26(17)13-16(23-19)14-10-22-24(2)12-14/h1,7-8,10,12-13,15H,4-6,9,11H2,2H3,(H,20,27)/t15-/m0/s1. The highest BCUT2D eigenvalue weighted by Crippen LogP contribution is 2.29. The minimum atomic E-state index is -0.382. The Morgan fingerprint density at radius 2 is 2.26 bits per heavy atom. The first-order valence-corrected chi connectivity index (χ1v) is 9.00. The van der Waals surface area contributed by atoms with Crippen LogP contribution in [0.25, 0.3) is 16.8 Å². The Hall–Kier alpha value is -3.34. The minimum absolute atomic E-state index is 0.145. The average molecular weight is 363 g/mol. The molecule has 4 rings (SSSR count). The van der Waals surface area contributed by atoms with E-state index in [0.29, 0.717) is 6.54 Å². The Kier molecular flexibility index (Phi) is 4.50. The predicted molar refractivity (Wildman–Crippen MR) is 102 cm³/mol. The van der Waals surface area contributed by atoms with Gasteiger partial charge in [-0.25, -0.2) is 9.50 Å². The molecule has 1 aliphatic heterocycles. The maximum atomic E-state index is 11.5. The SMILES string of the molecule is C#CC(=O)NC[C@@H]1CCCCN1c1nc(-c2cnn(C)c2)cn2nccc12. The highest BCUT2D eigenvalue weighted by Gasteiger charge is 2.26. The van der Waals surface area contributed by atoms with Gasteiger partial charge in [-0.3, -0.25) is 9.48 Å². The Bertz CT molecular complexity index is 1010. The fourth-order valence-electron chi connectivity index (χ4n) is 3.57. The van der Waals surface area contributed by atoms with Crippen molar-refractivity contribution in [1.29, 1.82) is 0 Å². The summed E-state index contributed by atoms with van der Waals surface area (Å²) in [5.41, 5.74) is 2.69. The maximum Gasteiger partial charge on any atom is 0.295 e. The van der Waals surface area contributed by atoms with Gasteiger partial charge in [-0.15, -0.1) is 6.42 Å². The van der Waals surface area contributed by atoms with Gasteiger partial charge < -0.3 is 10.2 Å². The molecule has 1 fully saturated rings. The zero-order valence-corrected chi connectivity index (χ0v) is 15.2. The number of rotatable bonds is 4. The first-order chi connectivity index (χ1) is 13.2. The number of terminal acetylenes is 1. The van der Waals surface area contributed by atoms with Crippen LogP contribution in [0.3, 0.4) is 0 Å². The number of anilines is 1. The van der Waals surface area contributed by atoms with Crippen molar-refractivity contribution in [2.24, 2.45) is 7.05 Å². The summed E-state index contributed by atoms with van der Waals surface area (Å²) in [6.45, 7) is 1.38. The first kappa shape index (κ1) is 17.1. The number of carbonyl (C=O) groups is 1.